The lowest BCUT2D eigenvalue weighted by Crippen LogP contribution is -2.29. The molecule has 1 aliphatic rings. The highest BCUT2D eigenvalue weighted by molar-refractivity contribution is 9.10. The molecule has 0 unspecified atom stereocenters. The number of rotatable bonds is 4. The Morgan fingerprint density at radius 2 is 2.05 bits per heavy atom. The zero-order chi connectivity index (χ0) is 14.0. The van der Waals surface area contributed by atoms with E-state index in [2.05, 4.69) is 39.7 Å². The molecule has 2 rings (SSSR count). The fraction of sp³-hybridized carbons (Fsp3) is 0.714. The molecule has 0 radical (unpaired) electrons. The Kier molecular flexibility index (Phi) is 4.79. The first-order chi connectivity index (χ1) is 9.00. The molecule has 1 heterocycles. The van der Waals surface area contributed by atoms with E-state index in [0.717, 1.165) is 28.8 Å². The van der Waals surface area contributed by atoms with Gasteiger partial charge in [-0.25, -0.2) is 4.98 Å². The monoisotopic (exact) mass is 344 g/mol. The third-order valence-electron chi connectivity index (χ3n) is 3.73. The third-order valence-corrected chi connectivity index (χ3v) is 5.09. The summed E-state index contributed by atoms with van der Waals surface area (Å²) in [5, 5.41) is 0. The van der Waals surface area contributed by atoms with E-state index in [1.54, 1.807) is 0 Å². The van der Waals surface area contributed by atoms with Gasteiger partial charge in [0.25, 0.3) is 0 Å². The summed E-state index contributed by atoms with van der Waals surface area (Å²) in [7, 11) is 0. The molecule has 0 atom stereocenters. The van der Waals surface area contributed by atoms with Crippen molar-refractivity contribution in [2.75, 3.05) is 6.61 Å². The maximum atomic E-state index is 6.05. The van der Waals surface area contributed by atoms with Crippen LogP contribution in [0.1, 0.15) is 63.9 Å². The molecule has 1 aliphatic carbocycles. The molecule has 0 spiro atoms. The van der Waals surface area contributed by atoms with Gasteiger partial charge in [0.2, 0.25) is 0 Å². The van der Waals surface area contributed by atoms with Crippen LogP contribution < -0.4 is 0 Å². The Labute approximate surface area is 128 Å². The molecule has 1 aromatic rings. The SMILES string of the molecule is CCOC1(c2nc(=S)c(Br)c(C(C)C)[nH]2)CCCC1. The summed E-state index contributed by atoms with van der Waals surface area (Å²) in [6.07, 6.45) is 4.43. The second-order valence-electron chi connectivity index (χ2n) is 5.41. The van der Waals surface area contributed by atoms with Crippen LogP contribution in [0.2, 0.25) is 0 Å². The van der Waals surface area contributed by atoms with Crippen LogP contribution in [0, 0.1) is 4.64 Å². The van der Waals surface area contributed by atoms with Crippen LogP contribution in [0.25, 0.3) is 0 Å². The molecular formula is C14H21BrN2OS. The number of nitrogens with zero attached hydrogens (tertiary/aromatic N) is 1. The Morgan fingerprint density at radius 3 is 2.58 bits per heavy atom. The van der Waals surface area contributed by atoms with Crippen LogP contribution in [0.3, 0.4) is 0 Å². The highest BCUT2D eigenvalue weighted by atomic mass is 79.9. The highest BCUT2D eigenvalue weighted by Crippen LogP contribution is 2.41. The predicted molar refractivity (Wildman–Crippen MR) is 83.0 cm³/mol. The number of aromatic amines is 1. The smallest absolute Gasteiger partial charge is 0.144 e. The van der Waals surface area contributed by atoms with Crippen molar-refractivity contribution in [1.82, 2.24) is 9.97 Å². The summed E-state index contributed by atoms with van der Waals surface area (Å²) in [4.78, 5) is 8.05. The molecule has 1 saturated carbocycles. The average Bonchev–Trinajstić information content (AvgIpc) is 2.82. The predicted octanol–water partition coefficient (Wildman–Crippen LogP) is 4.83. The summed E-state index contributed by atoms with van der Waals surface area (Å²) >= 11 is 8.92. The number of H-pyrrole nitrogens is 1. The van der Waals surface area contributed by atoms with E-state index in [1.165, 1.54) is 12.8 Å². The first-order valence-corrected chi connectivity index (χ1v) is 8.14. The standard InChI is InChI=1S/C14H21BrN2OS/c1-4-18-14(7-5-6-8-14)13-16-11(9(2)3)10(15)12(19)17-13/h9H,4-8H2,1-3H3,(H,16,17,19). The zero-order valence-corrected chi connectivity index (χ0v) is 14.2. The lowest BCUT2D eigenvalue weighted by molar-refractivity contribution is -0.0459. The first-order valence-electron chi connectivity index (χ1n) is 6.94. The van der Waals surface area contributed by atoms with Gasteiger partial charge in [-0.1, -0.05) is 26.1 Å². The van der Waals surface area contributed by atoms with Gasteiger partial charge in [0, 0.05) is 12.3 Å². The minimum absolute atomic E-state index is 0.257. The van der Waals surface area contributed by atoms with Crippen molar-refractivity contribution in [2.24, 2.45) is 0 Å². The summed E-state index contributed by atoms with van der Waals surface area (Å²) < 4.78 is 7.59. The quantitative estimate of drug-likeness (QED) is 0.794. The molecule has 0 aromatic carbocycles. The zero-order valence-electron chi connectivity index (χ0n) is 11.8. The van der Waals surface area contributed by atoms with Crippen LogP contribution >= 0.6 is 28.1 Å². The van der Waals surface area contributed by atoms with Gasteiger partial charge in [-0.15, -0.1) is 0 Å². The largest absolute Gasteiger partial charge is 0.367 e. The fourth-order valence-electron chi connectivity index (χ4n) is 2.76. The molecule has 19 heavy (non-hydrogen) atoms. The summed E-state index contributed by atoms with van der Waals surface area (Å²) in [6, 6.07) is 0. The number of aromatic nitrogens is 2. The Balaban J connectivity index is 2.52. The first kappa shape index (κ1) is 15.1. The maximum Gasteiger partial charge on any atom is 0.144 e. The van der Waals surface area contributed by atoms with Crippen molar-refractivity contribution in [1.29, 1.82) is 0 Å². The third kappa shape index (κ3) is 2.93. The second kappa shape index (κ2) is 6.02. The number of nitrogens with one attached hydrogen (secondary N) is 1. The van der Waals surface area contributed by atoms with Gasteiger partial charge in [-0.2, -0.15) is 0 Å². The molecule has 3 nitrogen and oxygen atoms in total. The number of hydrogen-bond acceptors (Lipinski definition) is 3. The molecule has 1 N–H and O–H groups in total. The van der Waals surface area contributed by atoms with Gasteiger partial charge in [0.05, 0.1) is 4.47 Å². The molecule has 0 bridgehead atoms. The molecule has 0 amide bonds. The van der Waals surface area contributed by atoms with Gasteiger partial charge in [-0.3, -0.25) is 0 Å². The summed E-state index contributed by atoms with van der Waals surface area (Å²) in [6.45, 7) is 7.04. The van der Waals surface area contributed by atoms with Crippen molar-refractivity contribution in [3.8, 4) is 0 Å². The van der Waals surface area contributed by atoms with Crippen LogP contribution in [0.5, 0.6) is 0 Å². The van der Waals surface area contributed by atoms with Crippen LogP contribution in [0.4, 0.5) is 0 Å². The summed E-state index contributed by atoms with van der Waals surface area (Å²) in [5.41, 5.74) is 0.855. The summed E-state index contributed by atoms with van der Waals surface area (Å²) in [5.74, 6) is 1.28. The average molecular weight is 345 g/mol. The number of halogens is 1. The van der Waals surface area contributed by atoms with Gasteiger partial charge in [0.15, 0.2) is 0 Å². The maximum absolute atomic E-state index is 6.05. The van der Waals surface area contributed by atoms with E-state index >= 15 is 0 Å². The lowest BCUT2D eigenvalue weighted by Gasteiger charge is -2.29. The van der Waals surface area contributed by atoms with Gasteiger partial charge in [-0.05, 0) is 54.5 Å². The molecular weight excluding hydrogens is 324 g/mol. The fourth-order valence-corrected chi connectivity index (χ4v) is 3.61. The number of ether oxygens (including phenoxy) is 1. The minimum atomic E-state index is -0.257. The Morgan fingerprint density at radius 1 is 1.42 bits per heavy atom. The van der Waals surface area contributed by atoms with Crippen molar-refractivity contribution in [3.05, 3.63) is 20.6 Å². The van der Waals surface area contributed by atoms with Crippen LogP contribution in [-0.4, -0.2) is 16.6 Å². The molecule has 0 saturated heterocycles. The Bertz CT molecular complexity index is 507. The van der Waals surface area contributed by atoms with Crippen molar-refractivity contribution >= 4 is 28.1 Å². The van der Waals surface area contributed by atoms with E-state index in [0.29, 0.717) is 17.2 Å². The van der Waals surface area contributed by atoms with E-state index in [1.807, 2.05) is 6.92 Å². The van der Waals surface area contributed by atoms with Gasteiger partial charge >= 0.3 is 0 Å². The Hall–Kier alpha value is -0.260. The van der Waals surface area contributed by atoms with Crippen LogP contribution in [-0.2, 0) is 10.3 Å². The topological polar surface area (TPSA) is 37.9 Å². The molecule has 106 valence electrons. The van der Waals surface area contributed by atoms with Crippen LogP contribution in [0.15, 0.2) is 4.47 Å². The minimum Gasteiger partial charge on any atom is -0.367 e. The lowest BCUT2D eigenvalue weighted by atomic mass is 10.00. The van der Waals surface area contributed by atoms with Crippen molar-refractivity contribution in [3.63, 3.8) is 0 Å². The van der Waals surface area contributed by atoms with Crippen molar-refractivity contribution < 1.29 is 4.74 Å². The molecule has 1 fully saturated rings. The van der Waals surface area contributed by atoms with E-state index in [4.69, 9.17) is 17.0 Å². The van der Waals surface area contributed by atoms with E-state index < -0.39 is 0 Å². The molecule has 1 aromatic heterocycles. The second-order valence-corrected chi connectivity index (χ2v) is 6.59. The van der Waals surface area contributed by atoms with Gasteiger partial charge in [0.1, 0.15) is 16.1 Å². The molecule has 0 aliphatic heterocycles. The van der Waals surface area contributed by atoms with Gasteiger partial charge < -0.3 is 9.72 Å². The van der Waals surface area contributed by atoms with Crippen molar-refractivity contribution in [2.45, 2.75) is 58.0 Å². The molecule has 5 heteroatoms. The van der Waals surface area contributed by atoms with E-state index in [9.17, 15) is 0 Å². The normalized spacial score (nSPS) is 18.2. The highest BCUT2D eigenvalue weighted by Gasteiger charge is 2.39. The number of hydrogen-bond donors (Lipinski definition) is 1. The van der Waals surface area contributed by atoms with E-state index in [-0.39, 0.29) is 5.60 Å².